The molecule has 2 aromatic rings. The molecule has 1 N–H and O–H groups in total. The lowest BCUT2D eigenvalue weighted by Gasteiger charge is -2.11. The number of rotatable bonds is 3. The van der Waals surface area contributed by atoms with Crippen molar-refractivity contribution in [1.29, 1.82) is 0 Å². The van der Waals surface area contributed by atoms with E-state index in [0.717, 1.165) is 13.2 Å². The Morgan fingerprint density at radius 2 is 1.95 bits per heavy atom. The lowest BCUT2D eigenvalue weighted by Crippen LogP contribution is -2.16. The van der Waals surface area contributed by atoms with Crippen molar-refractivity contribution in [2.75, 3.05) is 12.4 Å². The Labute approximate surface area is 126 Å². The second-order valence-corrected chi connectivity index (χ2v) is 4.68. The molecule has 0 radical (unpaired) electrons. The van der Waals surface area contributed by atoms with Gasteiger partial charge < -0.3 is 14.5 Å². The number of hydrogen-bond donors (Lipinski definition) is 1. The first kappa shape index (κ1) is 15.7. The average Bonchev–Trinajstić information content (AvgIpc) is 2.80. The smallest absolute Gasteiger partial charge is 0.341 e. The fraction of sp³-hybridized carbons (Fsp3) is 0.267. The zero-order valence-corrected chi connectivity index (χ0v) is 12.6. The molecule has 0 fully saturated rings. The number of amides is 1. The van der Waals surface area contributed by atoms with Crippen LogP contribution in [0.4, 0.5) is 10.1 Å². The number of aromatic nitrogens is 1. The molecule has 0 aliphatic heterocycles. The van der Waals surface area contributed by atoms with Crippen molar-refractivity contribution >= 4 is 17.6 Å². The number of carbonyl (C=O) groups excluding carboxylic acids is 2. The number of carbonyl (C=O) groups is 2. The molecular formula is C15H15FN2O4. The largest absolute Gasteiger partial charge is 0.465 e. The Morgan fingerprint density at radius 1 is 1.27 bits per heavy atom. The molecule has 1 aromatic heterocycles. The highest BCUT2D eigenvalue weighted by Gasteiger charge is 2.21. The van der Waals surface area contributed by atoms with E-state index < -0.39 is 17.7 Å². The van der Waals surface area contributed by atoms with Crippen LogP contribution in [0.2, 0.25) is 0 Å². The summed E-state index contributed by atoms with van der Waals surface area (Å²) in [7, 11) is 1.16. The maximum atomic E-state index is 13.8. The number of halogens is 1. The van der Waals surface area contributed by atoms with Crippen molar-refractivity contribution in [3.05, 3.63) is 46.4 Å². The fourth-order valence-electron chi connectivity index (χ4n) is 2.09. The molecule has 1 aromatic carbocycles. The van der Waals surface area contributed by atoms with Gasteiger partial charge in [0, 0.05) is 12.6 Å². The molecule has 2 rings (SSSR count). The highest BCUT2D eigenvalue weighted by Crippen LogP contribution is 2.23. The van der Waals surface area contributed by atoms with E-state index in [1.54, 1.807) is 13.8 Å². The molecule has 116 valence electrons. The van der Waals surface area contributed by atoms with Crippen LogP contribution in [0.1, 0.15) is 38.1 Å². The van der Waals surface area contributed by atoms with Crippen LogP contribution >= 0.6 is 0 Å². The van der Waals surface area contributed by atoms with Gasteiger partial charge in [-0.15, -0.1) is 0 Å². The molecule has 0 aliphatic carbocycles. The summed E-state index contributed by atoms with van der Waals surface area (Å²) in [6, 6.07) is 2.47. The quantitative estimate of drug-likeness (QED) is 0.882. The number of methoxy groups -OCH3 is 1. The third-order valence-electron chi connectivity index (χ3n) is 3.17. The zero-order valence-electron chi connectivity index (χ0n) is 12.6. The van der Waals surface area contributed by atoms with E-state index in [1.165, 1.54) is 13.0 Å². The number of nitrogens with one attached hydrogen (secondary N) is 1. The number of nitrogens with zero attached hydrogens (tertiary/aromatic N) is 1. The summed E-state index contributed by atoms with van der Waals surface area (Å²) in [5.74, 6) is -1.27. The Balaban J connectivity index is 2.36. The van der Waals surface area contributed by atoms with Crippen molar-refractivity contribution in [2.24, 2.45) is 0 Å². The number of benzene rings is 1. The van der Waals surface area contributed by atoms with Crippen molar-refractivity contribution < 1.29 is 23.1 Å². The molecule has 0 bridgehead atoms. The van der Waals surface area contributed by atoms with Crippen LogP contribution in [-0.4, -0.2) is 24.0 Å². The van der Waals surface area contributed by atoms with Crippen LogP contribution in [0.3, 0.4) is 0 Å². The topological polar surface area (TPSA) is 81.4 Å². The zero-order chi connectivity index (χ0) is 16.4. The molecule has 0 saturated carbocycles. The molecule has 7 heteroatoms. The van der Waals surface area contributed by atoms with Crippen molar-refractivity contribution in [3.8, 4) is 0 Å². The van der Waals surface area contributed by atoms with Gasteiger partial charge in [-0.1, -0.05) is 0 Å². The van der Waals surface area contributed by atoms with Gasteiger partial charge in [-0.2, -0.15) is 0 Å². The SMILES string of the molecule is COC(=O)c1c(F)ccc(NC(=O)c2nc(C)oc2C)c1C. The summed E-state index contributed by atoms with van der Waals surface area (Å²) in [5, 5.41) is 2.59. The van der Waals surface area contributed by atoms with Crippen LogP contribution in [0, 0.1) is 26.6 Å². The third-order valence-corrected chi connectivity index (χ3v) is 3.17. The minimum Gasteiger partial charge on any atom is -0.465 e. The highest BCUT2D eigenvalue weighted by atomic mass is 19.1. The summed E-state index contributed by atoms with van der Waals surface area (Å²) in [6.07, 6.45) is 0. The minimum atomic E-state index is -0.806. The van der Waals surface area contributed by atoms with Gasteiger partial charge in [0.25, 0.3) is 5.91 Å². The van der Waals surface area contributed by atoms with Crippen LogP contribution < -0.4 is 5.32 Å². The van der Waals surface area contributed by atoms with E-state index in [2.05, 4.69) is 15.0 Å². The van der Waals surface area contributed by atoms with Crippen LogP contribution in [0.25, 0.3) is 0 Å². The maximum absolute atomic E-state index is 13.8. The number of aryl methyl sites for hydroxylation is 2. The van der Waals surface area contributed by atoms with Crippen LogP contribution in [0.5, 0.6) is 0 Å². The van der Waals surface area contributed by atoms with Gasteiger partial charge in [0.1, 0.15) is 17.1 Å². The van der Waals surface area contributed by atoms with Gasteiger partial charge in [-0.05, 0) is 31.5 Å². The number of anilines is 1. The molecule has 0 spiro atoms. The summed E-state index contributed by atoms with van der Waals surface area (Å²) in [6.45, 7) is 4.76. The van der Waals surface area contributed by atoms with Crippen molar-refractivity contribution in [2.45, 2.75) is 20.8 Å². The summed E-state index contributed by atoms with van der Waals surface area (Å²) < 4.78 is 23.5. The molecule has 0 saturated heterocycles. The lowest BCUT2D eigenvalue weighted by atomic mass is 10.1. The number of hydrogen-bond acceptors (Lipinski definition) is 5. The van der Waals surface area contributed by atoms with E-state index in [-0.39, 0.29) is 16.8 Å². The molecule has 0 atom stereocenters. The van der Waals surface area contributed by atoms with Gasteiger partial charge in [0.2, 0.25) is 0 Å². The molecule has 22 heavy (non-hydrogen) atoms. The Morgan fingerprint density at radius 3 is 2.50 bits per heavy atom. The van der Waals surface area contributed by atoms with Crippen LogP contribution in [0.15, 0.2) is 16.5 Å². The van der Waals surface area contributed by atoms with Gasteiger partial charge in [0.05, 0.1) is 7.11 Å². The third kappa shape index (κ3) is 2.83. The highest BCUT2D eigenvalue weighted by molar-refractivity contribution is 6.05. The van der Waals surface area contributed by atoms with Gasteiger partial charge in [-0.3, -0.25) is 4.79 Å². The summed E-state index contributed by atoms with van der Waals surface area (Å²) in [4.78, 5) is 27.8. The van der Waals surface area contributed by atoms with E-state index in [1.807, 2.05) is 0 Å². The van der Waals surface area contributed by atoms with E-state index in [0.29, 0.717) is 17.3 Å². The Hall–Kier alpha value is -2.70. The number of esters is 1. The lowest BCUT2D eigenvalue weighted by molar-refractivity contribution is 0.0594. The second-order valence-electron chi connectivity index (χ2n) is 4.68. The first-order valence-electron chi connectivity index (χ1n) is 6.48. The fourth-order valence-corrected chi connectivity index (χ4v) is 2.09. The number of oxazole rings is 1. The van der Waals surface area contributed by atoms with Gasteiger partial charge in [-0.25, -0.2) is 14.2 Å². The summed E-state index contributed by atoms with van der Waals surface area (Å²) in [5.41, 5.74) is 0.499. The molecule has 0 aliphatic rings. The predicted molar refractivity (Wildman–Crippen MR) is 76.4 cm³/mol. The molecule has 1 amide bonds. The van der Waals surface area contributed by atoms with Crippen molar-refractivity contribution in [1.82, 2.24) is 4.98 Å². The molecular weight excluding hydrogens is 291 g/mol. The van der Waals surface area contributed by atoms with E-state index in [9.17, 15) is 14.0 Å². The normalized spacial score (nSPS) is 10.4. The predicted octanol–water partition coefficient (Wildman–Crippen LogP) is 2.78. The maximum Gasteiger partial charge on any atom is 0.341 e. The summed E-state index contributed by atoms with van der Waals surface area (Å²) >= 11 is 0. The Bertz CT molecular complexity index is 752. The van der Waals surface area contributed by atoms with Gasteiger partial charge in [0.15, 0.2) is 11.6 Å². The second kappa shape index (κ2) is 5.97. The first-order chi connectivity index (χ1) is 10.3. The molecule has 0 unspecified atom stereocenters. The molecule has 1 heterocycles. The first-order valence-corrected chi connectivity index (χ1v) is 6.48. The van der Waals surface area contributed by atoms with Crippen LogP contribution in [-0.2, 0) is 4.74 Å². The number of ether oxygens (including phenoxy) is 1. The monoisotopic (exact) mass is 306 g/mol. The van der Waals surface area contributed by atoms with E-state index >= 15 is 0 Å². The Kier molecular flexibility index (Phi) is 4.25. The van der Waals surface area contributed by atoms with E-state index in [4.69, 9.17) is 4.42 Å². The minimum absolute atomic E-state index is 0.140. The average molecular weight is 306 g/mol. The standard InChI is InChI=1S/C15H15FN2O4/c1-7-11(6-5-10(16)12(7)15(20)21-4)18-14(19)13-8(2)22-9(3)17-13/h5-6H,1-4H3,(H,18,19). The van der Waals surface area contributed by atoms with Gasteiger partial charge >= 0.3 is 5.97 Å². The molecule has 6 nitrogen and oxygen atoms in total. The van der Waals surface area contributed by atoms with Crippen molar-refractivity contribution in [3.63, 3.8) is 0 Å².